The maximum atomic E-state index is 12.9. The highest BCUT2D eigenvalue weighted by molar-refractivity contribution is 6.09. The van der Waals surface area contributed by atoms with Crippen LogP contribution in [0.2, 0.25) is 0 Å². The van der Waals surface area contributed by atoms with Gasteiger partial charge in [0, 0.05) is 12.4 Å². The molecule has 0 saturated heterocycles. The van der Waals surface area contributed by atoms with Crippen molar-refractivity contribution in [3.05, 3.63) is 86.6 Å². The van der Waals surface area contributed by atoms with Crippen LogP contribution in [0.25, 0.3) is 16.6 Å². The molecule has 0 radical (unpaired) electrons. The zero-order valence-electron chi connectivity index (χ0n) is 15.8. The Labute approximate surface area is 164 Å². The first kappa shape index (κ1) is 18.3. The normalized spacial score (nSPS) is 11.0. The fourth-order valence-electron chi connectivity index (χ4n) is 3.32. The van der Waals surface area contributed by atoms with Gasteiger partial charge in [-0.2, -0.15) is 0 Å². The molecule has 2 aromatic heterocycles. The summed E-state index contributed by atoms with van der Waals surface area (Å²) < 4.78 is 3.02. The number of aromatic hydroxyl groups is 1. The van der Waals surface area contributed by atoms with Crippen molar-refractivity contribution in [1.82, 2.24) is 14.3 Å². The Bertz CT molecular complexity index is 1360. The van der Waals surface area contributed by atoms with Gasteiger partial charge in [0.15, 0.2) is 0 Å². The molecule has 4 aromatic rings. The highest BCUT2D eigenvalue weighted by Gasteiger charge is 2.23. The van der Waals surface area contributed by atoms with Crippen molar-refractivity contribution < 1.29 is 9.90 Å². The van der Waals surface area contributed by atoms with E-state index in [4.69, 9.17) is 0 Å². The molecular formula is C21H18N4O4. The number of anilines is 1. The monoisotopic (exact) mass is 390 g/mol. The molecule has 2 aromatic carbocycles. The Kier molecular flexibility index (Phi) is 4.31. The van der Waals surface area contributed by atoms with E-state index in [9.17, 15) is 19.5 Å². The number of H-pyrrole nitrogens is 1. The van der Waals surface area contributed by atoms with E-state index in [0.29, 0.717) is 22.3 Å². The Balaban J connectivity index is 1.80. The van der Waals surface area contributed by atoms with Crippen molar-refractivity contribution in [3.8, 4) is 11.4 Å². The second kappa shape index (κ2) is 6.83. The van der Waals surface area contributed by atoms with Gasteiger partial charge in [0.05, 0.1) is 16.9 Å². The van der Waals surface area contributed by atoms with Gasteiger partial charge in [-0.15, -0.1) is 0 Å². The number of pyridine rings is 1. The molecule has 4 rings (SSSR count). The summed E-state index contributed by atoms with van der Waals surface area (Å²) in [6.45, 7) is 1.68. The third-order valence-electron chi connectivity index (χ3n) is 4.91. The molecular weight excluding hydrogens is 372 g/mol. The van der Waals surface area contributed by atoms with Crippen LogP contribution in [0.3, 0.4) is 0 Å². The maximum Gasteiger partial charge on any atom is 0.295 e. The first-order chi connectivity index (χ1) is 13.9. The number of hydrogen-bond donors (Lipinski definition) is 3. The van der Waals surface area contributed by atoms with Crippen LogP contribution >= 0.6 is 0 Å². The maximum absolute atomic E-state index is 12.9. The lowest BCUT2D eigenvalue weighted by molar-refractivity contribution is 0.102. The predicted octanol–water partition coefficient (Wildman–Crippen LogP) is 2.28. The standard InChI is InChI=1S/C21H18N4O4/c1-12-17(21(29)25(24(12)2)13-8-4-3-5-9-13)23-20(28)16-18(26)14-10-6-7-11-15(14)22-19(16)27/h3-11H,1-2H3,(H,23,28)(H2,22,26,27). The van der Waals surface area contributed by atoms with Crippen LogP contribution in [0, 0.1) is 6.92 Å². The zero-order valence-corrected chi connectivity index (χ0v) is 15.8. The van der Waals surface area contributed by atoms with Gasteiger partial charge < -0.3 is 15.4 Å². The Morgan fingerprint density at radius 3 is 2.41 bits per heavy atom. The number of nitrogens with one attached hydrogen (secondary N) is 2. The molecule has 29 heavy (non-hydrogen) atoms. The minimum atomic E-state index is -0.861. The van der Waals surface area contributed by atoms with Crippen LogP contribution in [-0.4, -0.2) is 25.4 Å². The molecule has 3 N–H and O–H groups in total. The van der Waals surface area contributed by atoms with Gasteiger partial charge in [0.25, 0.3) is 17.0 Å². The lowest BCUT2D eigenvalue weighted by Gasteiger charge is -2.08. The van der Waals surface area contributed by atoms with Crippen LogP contribution < -0.4 is 16.4 Å². The van der Waals surface area contributed by atoms with Crippen LogP contribution in [0.5, 0.6) is 5.75 Å². The van der Waals surface area contributed by atoms with Crippen molar-refractivity contribution in [1.29, 1.82) is 0 Å². The third-order valence-corrected chi connectivity index (χ3v) is 4.91. The van der Waals surface area contributed by atoms with Crippen LogP contribution in [0.4, 0.5) is 5.69 Å². The lowest BCUT2D eigenvalue weighted by Crippen LogP contribution is -2.27. The highest BCUT2D eigenvalue weighted by atomic mass is 16.3. The second-order valence-corrected chi connectivity index (χ2v) is 6.61. The molecule has 8 heteroatoms. The van der Waals surface area contributed by atoms with Gasteiger partial charge in [0.2, 0.25) is 0 Å². The molecule has 0 aliphatic rings. The van der Waals surface area contributed by atoms with E-state index < -0.39 is 28.3 Å². The van der Waals surface area contributed by atoms with Gasteiger partial charge in [-0.1, -0.05) is 30.3 Å². The van der Waals surface area contributed by atoms with E-state index in [2.05, 4.69) is 10.3 Å². The van der Waals surface area contributed by atoms with E-state index in [1.54, 1.807) is 67.2 Å². The van der Waals surface area contributed by atoms with E-state index in [-0.39, 0.29) is 5.69 Å². The van der Waals surface area contributed by atoms with Crippen molar-refractivity contribution in [3.63, 3.8) is 0 Å². The molecule has 0 fully saturated rings. The Hall–Kier alpha value is -4.07. The molecule has 146 valence electrons. The molecule has 0 bridgehead atoms. The molecule has 0 aliphatic carbocycles. The smallest absolute Gasteiger partial charge is 0.295 e. The zero-order chi connectivity index (χ0) is 20.7. The van der Waals surface area contributed by atoms with E-state index in [1.807, 2.05) is 6.07 Å². The van der Waals surface area contributed by atoms with E-state index >= 15 is 0 Å². The van der Waals surface area contributed by atoms with Gasteiger partial charge >= 0.3 is 0 Å². The molecule has 0 unspecified atom stereocenters. The van der Waals surface area contributed by atoms with E-state index in [0.717, 1.165) is 0 Å². The van der Waals surface area contributed by atoms with Gasteiger partial charge in [-0.3, -0.25) is 19.1 Å². The molecule has 1 amide bonds. The summed E-state index contributed by atoms with van der Waals surface area (Å²) in [5.41, 5.74) is -0.0457. The average molecular weight is 390 g/mol. The topological polar surface area (TPSA) is 109 Å². The second-order valence-electron chi connectivity index (χ2n) is 6.61. The summed E-state index contributed by atoms with van der Waals surface area (Å²) in [6, 6.07) is 15.6. The number of carbonyl (C=O) groups excluding carboxylic acids is 1. The largest absolute Gasteiger partial charge is 0.506 e. The number of para-hydroxylation sites is 2. The minimum absolute atomic E-state index is 0.0355. The minimum Gasteiger partial charge on any atom is -0.506 e. The number of fused-ring (bicyclic) bond motifs is 1. The number of amides is 1. The average Bonchev–Trinajstić information content (AvgIpc) is 2.92. The fraction of sp³-hybridized carbons (Fsp3) is 0.0952. The van der Waals surface area contributed by atoms with Gasteiger partial charge in [0.1, 0.15) is 17.0 Å². The highest BCUT2D eigenvalue weighted by Crippen LogP contribution is 2.25. The summed E-state index contributed by atoms with van der Waals surface area (Å²) in [7, 11) is 1.69. The summed E-state index contributed by atoms with van der Waals surface area (Å²) in [4.78, 5) is 40.7. The first-order valence-corrected chi connectivity index (χ1v) is 8.89. The van der Waals surface area contributed by atoms with Crippen LogP contribution in [-0.2, 0) is 7.05 Å². The van der Waals surface area contributed by atoms with Crippen molar-refractivity contribution in [2.24, 2.45) is 7.05 Å². The summed E-state index contributed by atoms with van der Waals surface area (Å²) in [5.74, 6) is -1.29. The Morgan fingerprint density at radius 1 is 1.03 bits per heavy atom. The quantitative estimate of drug-likeness (QED) is 0.499. The summed E-state index contributed by atoms with van der Waals surface area (Å²) >= 11 is 0. The number of aromatic amines is 1. The molecule has 8 nitrogen and oxygen atoms in total. The molecule has 0 spiro atoms. The number of nitrogens with zero attached hydrogens (tertiary/aromatic N) is 2. The predicted molar refractivity (Wildman–Crippen MR) is 110 cm³/mol. The van der Waals surface area contributed by atoms with Crippen molar-refractivity contribution >= 4 is 22.5 Å². The molecule has 2 heterocycles. The van der Waals surface area contributed by atoms with Crippen molar-refractivity contribution in [2.75, 3.05) is 5.32 Å². The third kappa shape index (κ3) is 2.91. The van der Waals surface area contributed by atoms with Crippen LogP contribution in [0.15, 0.2) is 64.2 Å². The molecule has 0 atom stereocenters. The fourth-order valence-corrected chi connectivity index (χ4v) is 3.32. The summed E-state index contributed by atoms with van der Waals surface area (Å²) in [6.07, 6.45) is 0. The number of hydrogen-bond acceptors (Lipinski definition) is 4. The number of rotatable bonds is 3. The number of benzene rings is 2. The Morgan fingerprint density at radius 2 is 1.69 bits per heavy atom. The number of aromatic nitrogens is 3. The van der Waals surface area contributed by atoms with Crippen molar-refractivity contribution in [2.45, 2.75) is 6.92 Å². The van der Waals surface area contributed by atoms with E-state index in [1.165, 1.54) is 4.68 Å². The molecule has 0 saturated carbocycles. The summed E-state index contributed by atoms with van der Waals surface area (Å²) in [5, 5.41) is 13.3. The number of carbonyl (C=O) groups is 1. The lowest BCUT2D eigenvalue weighted by atomic mass is 10.1. The van der Waals surface area contributed by atoms with Gasteiger partial charge in [-0.25, -0.2) is 4.68 Å². The molecule has 0 aliphatic heterocycles. The SMILES string of the molecule is Cc1c(NC(=O)c2c(O)c3ccccc3[nH]c2=O)c(=O)n(-c2ccccc2)n1C. The van der Waals surface area contributed by atoms with Gasteiger partial charge in [-0.05, 0) is 31.2 Å². The first-order valence-electron chi connectivity index (χ1n) is 8.89. The van der Waals surface area contributed by atoms with Crippen LogP contribution in [0.1, 0.15) is 16.1 Å².